The number of nitrogens with two attached hydrogens (primary N) is 1. The summed E-state index contributed by atoms with van der Waals surface area (Å²) >= 11 is 0. The summed E-state index contributed by atoms with van der Waals surface area (Å²) in [5.41, 5.74) is 1.45. The smallest absolute Gasteiger partial charge is 0.238 e. The van der Waals surface area contributed by atoms with Crippen LogP contribution in [-0.4, -0.2) is 17.5 Å². The van der Waals surface area contributed by atoms with E-state index in [1.165, 1.54) is 20.8 Å². The van der Waals surface area contributed by atoms with Crippen LogP contribution in [0.5, 0.6) is 0 Å². The first-order chi connectivity index (χ1) is 8.27. The summed E-state index contributed by atoms with van der Waals surface area (Å²) in [5.74, 6) is 4.69. The first-order valence-corrected chi connectivity index (χ1v) is 5.48. The summed E-state index contributed by atoms with van der Waals surface area (Å²) in [6.45, 7) is 5.75. The van der Waals surface area contributed by atoms with Crippen LogP contribution in [0, 0.1) is 6.92 Å². The topological polar surface area (TPSA) is 80.5 Å². The minimum Gasteiger partial charge on any atom is -0.294 e. The Kier molecular flexibility index (Phi) is 3.98. The molecule has 0 radical (unpaired) electrons. The van der Waals surface area contributed by atoms with Gasteiger partial charge >= 0.3 is 0 Å². The maximum atomic E-state index is 11.7. The molecular formula is C13H16N2O3. The van der Waals surface area contributed by atoms with E-state index < -0.39 is 5.91 Å². The zero-order chi connectivity index (χ0) is 14.0. The van der Waals surface area contributed by atoms with E-state index in [0.717, 1.165) is 5.01 Å². The van der Waals surface area contributed by atoms with Gasteiger partial charge in [-0.15, -0.1) is 0 Å². The molecule has 0 saturated heterocycles. The number of benzene rings is 1. The first-order valence-electron chi connectivity index (χ1n) is 5.48. The van der Waals surface area contributed by atoms with Gasteiger partial charge in [-0.1, -0.05) is 6.07 Å². The van der Waals surface area contributed by atoms with Gasteiger partial charge in [0.2, 0.25) is 5.91 Å². The van der Waals surface area contributed by atoms with E-state index in [1.54, 1.807) is 19.1 Å². The molecule has 0 unspecified atom stereocenters. The monoisotopic (exact) mass is 248 g/mol. The van der Waals surface area contributed by atoms with Crippen molar-refractivity contribution in [2.45, 2.75) is 27.7 Å². The Balaban J connectivity index is 3.64. The molecule has 5 nitrogen and oxygen atoms in total. The van der Waals surface area contributed by atoms with Crippen LogP contribution in [0.2, 0.25) is 0 Å². The normalized spacial score (nSPS) is 10.1. The van der Waals surface area contributed by atoms with Crippen molar-refractivity contribution in [2.24, 2.45) is 5.84 Å². The third-order valence-electron chi connectivity index (χ3n) is 2.69. The maximum absolute atomic E-state index is 11.7. The fraction of sp³-hybridized carbons (Fsp3) is 0.308. The number of anilines is 1. The van der Waals surface area contributed by atoms with Gasteiger partial charge in [-0.25, -0.2) is 10.9 Å². The standard InChI is InChI=1S/C13H16N2O3/c1-7-5-6-11(15(14)10(4)18)13(9(3)17)12(7)8(2)16/h5-6H,14H2,1-4H3. The highest BCUT2D eigenvalue weighted by molar-refractivity contribution is 6.13. The molecule has 0 bridgehead atoms. The molecule has 1 aromatic carbocycles. The van der Waals surface area contributed by atoms with Crippen molar-refractivity contribution in [1.29, 1.82) is 0 Å². The second-order valence-electron chi connectivity index (χ2n) is 4.15. The van der Waals surface area contributed by atoms with E-state index in [9.17, 15) is 14.4 Å². The molecule has 0 aliphatic heterocycles. The molecule has 0 aliphatic carbocycles. The largest absolute Gasteiger partial charge is 0.294 e. The number of carbonyl (C=O) groups excluding carboxylic acids is 3. The Morgan fingerprint density at radius 1 is 1.00 bits per heavy atom. The van der Waals surface area contributed by atoms with Crippen molar-refractivity contribution < 1.29 is 14.4 Å². The van der Waals surface area contributed by atoms with E-state index in [-0.39, 0.29) is 22.8 Å². The van der Waals surface area contributed by atoms with Crippen molar-refractivity contribution in [3.63, 3.8) is 0 Å². The highest BCUT2D eigenvalue weighted by Crippen LogP contribution is 2.26. The first kappa shape index (κ1) is 14.1. The fourth-order valence-corrected chi connectivity index (χ4v) is 1.88. The van der Waals surface area contributed by atoms with E-state index in [2.05, 4.69) is 0 Å². The second-order valence-corrected chi connectivity index (χ2v) is 4.15. The van der Waals surface area contributed by atoms with Crippen molar-refractivity contribution in [3.8, 4) is 0 Å². The van der Waals surface area contributed by atoms with Gasteiger partial charge < -0.3 is 0 Å². The lowest BCUT2D eigenvalue weighted by Gasteiger charge is -2.20. The number of rotatable bonds is 3. The second kappa shape index (κ2) is 5.10. The van der Waals surface area contributed by atoms with Crippen LogP contribution in [-0.2, 0) is 4.79 Å². The van der Waals surface area contributed by atoms with Crippen LogP contribution in [0.25, 0.3) is 0 Å². The van der Waals surface area contributed by atoms with Gasteiger partial charge in [0.1, 0.15) is 0 Å². The summed E-state index contributed by atoms with van der Waals surface area (Å²) in [4.78, 5) is 34.7. The molecule has 1 amide bonds. The van der Waals surface area contributed by atoms with Gasteiger partial charge in [0.15, 0.2) is 11.6 Å². The molecule has 0 heterocycles. The summed E-state index contributed by atoms with van der Waals surface area (Å²) in [5, 5.41) is 0.878. The summed E-state index contributed by atoms with van der Waals surface area (Å²) in [7, 11) is 0. The zero-order valence-electron chi connectivity index (χ0n) is 10.9. The van der Waals surface area contributed by atoms with E-state index in [0.29, 0.717) is 11.1 Å². The number of hydrogen-bond donors (Lipinski definition) is 1. The van der Waals surface area contributed by atoms with E-state index >= 15 is 0 Å². The molecule has 0 fully saturated rings. The quantitative estimate of drug-likeness (QED) is 0.381. The Morgan fingerprint density at radius 2 is 1.50 bits per heavy atom. The van der Waals surface area contributed by atoms with E-state index in [4.69, 9.17) is 5.84 Å². The molecule has 5 heteroatoms. The minimum absolute atomic E-state index is 0.195. The number of aryl methyl sites for hydroxylation is 1. The van der Waals surface area contributed by atoms with Crippen LogP contribution in [0.3, 0.4) is 0 Å². The van der Waals surface area contributed by atoms with Crippen molar-refractivity contribution in [1.82, 2.24) is 0 Å². The molecule has 0 atom stereocenters. The molecule has 1 aromatic rings. The predicted molar refractivity (Wildman–Crippen MR) is 68.5 cm³/mol. The zero-order valence-corrected chi connectivity index (χ0v) is 10.9. The van der Waals surface area contributed by atoms with E-state index in [1.807, 2.05) is 0 Å². The van der Waals surface area contributed by atoms with Crippen LogP contribution in [0.1, 0.15) is 47.1 Å². The number of carbonyl (C=O) groups is 3. The van der Waals surface area contributed by atoms with Crippen molar-refractivity contribution in [2.75, 3.05) is 5.01 Å². The minimum atomic E-state index is -0.407. The van der Waals surface area contributed by atoms with Gasteiger partial charge in [-0.05, 0) is 32.4 Å². The molecule has 0 spiro atoms. The van der Waals surface area contributed by atoms with Crippen molar-refractivity contribution in [3.05, 3.63) is 28.8 Å². The van der Waals surface area contributed by atoms with Gasteiger partial charge in [-0.2, -0.15) is 0 Å². The molecule has 18 heavy (non-hydrogen) atoms. The predicted octanol–water partition coefficient (Wildman–Crippen LogP) is 1.63. The van der Waals surface area contributed by atoms with Gasteiger partial charge in [-0.3, -0.25) is 14.4 Å². The number of ketones is 2. The maximum Gasteiger partial charge on any atom is 0.238 e. The number of hydrazine groups is 1. The Labute approximate surface area is 106 Å². The summed E-state index contributed by atoms with van der Waals surface area (Å²) in [6, 6.07) is 3.24. The summed E-state index contributed by atoms with van der Waals surface area (Å²) < 4.78 is 0. The average Bonchev–Trinajstić information content (AvgIpc) is 2.26. The SMILES string of the molecule is CC(=O)c1c(C)ccc(N(N)C(C)=O)c1C(C)=O. The third-order valence-corrected chi connectivity index (χ3v) is 2.69. The van der Waals surface area contributed by atoms with Gasteiger partial charge in [0.05, 0.1) is 11.3 Å². The molecular weight excluding hydrogens is 232 g/mol. The van der Waals surface area contributed by atoms with Gasteiger partial charge in [0.25, 0.3) is 0 Å². The molecule has 96 valence electrons. The highest BCUT2D eigenvalue weighted by Gasteiger charge is 2.22. The lowest BCUT2D eigenvalue weighted by Crippen LogP contribution is -2.37. The average molecular weight is 248 g/mol. The Bertz CT molecular complexity index is 535. The molecule has 1 rings (SSSR count). The van der Waals surface area contributed by atoms with Crippen LogP contribution in [0.4, 0.5) is 5.69 Å². The Hall–Kier alpha value is -2.01. The number of amides is 1. The number of Topliss-reactive ketones (excluding diaryl/α,β-unsaturated/α-hetero) is 2. The highest BCUT2D eigenvalue weighted by atomic mass is 16.2. The van der Waals surface area contributed by atoms with Crippen LogP contribution >= 0.6 is 0 Å². The molecule has 2 N–H and O–H groups in total. The lowest BCUT2D eigenvalue weighted by atomic mass is 9.94. The molecule has 0 aliphatic rings. The summed E-state index contributed by atoms with van der Waals surface area (Å²) in [6.07, 6.45) is 0. The van der Waals surface area contributed by atoms with Crippen LogP contribution < -0.4 is 10.9 Å². The number of nitrogens with zero attached hydrogens (tertiary/aromatic N) is 1. The molecule has 0 aromatic heterocycles. The lowest BCUT2D eigenvalue weighted by molar-refractivity contribution is -0.116. The van der Waals surface area contributed by atoms with Crippen molar-refractivity contribution >= 4 is 23.2 Å². The van der Waals surface area contributed by atoms with Crippen LogP contribution in [0.15, 0.2) is 12.1 Å². The fourth-order valence-electron chi connectivity index (χ4n) is 1.88. The molecule has 0 saturated carbocycles. The number of hydrogen-bond acceptors (Lipinski definition) is 4. The Morgan fingerprint density at radius 3 is 1.89 bits per heavy atom. The third kappa shape index (κ3) is 2.46. The van der Waals surface area contributed by atoms with Gasteiger partial charge in [0, 0.05) is 12.5 Å².